The van der Waals surface area contributed by atoms with E-state index in [2.05, 4.69) is 33.8 Å². The van der Waals surface area contributed by atoms with Crippen molar-refractivity contribution in [1.82, 2.24) is 0 Å². The van der Waals surface area contributed by atoms with Gasteiger partial charge in [0.25, 0.3) is 0 Å². The zero-order valence-corrected chi connectivity index (χ0v) is 14.7. The zero-order chi connectivity index (χ0) is 17.1. The van der Waals surface area contributed by atoms with Gasteiger partial charge in [0.05, 0.1) is 0 Å². The lowest BCUT2D eigenvalue weighted by molar-refractivity contribution is -0.135. The van der Waals surface area contributed by atoms with E-state index in [1.54, 1.807) is 0 Å². The highest BCUT2D eigenvalue weighted by atomic mass is 16.3. The largest absolute Gasteiger partial charge is 0.504 e. The summed E-state index contributed by atoms with van der Waals surface area (Å²) in [5, 5.41) is 21.4. The SMILES string of the molecule is Cc1cc(CC(C)C)c2c3c1CC[C@H](C)C3=C(O)C(=O)[C@]2(C)O. The van der Waals surface area contributed by atoms with E-state index < -0.39 is 11.4 Å². The Kier molecular flexibility index (Phi) is 3.68. The number of aliphatic hydroxyl groups excluding tert-OH is 1. The van der Waals surface area contributed by atoms with Gasteiger partial charge >= 0.3 is 0 Å². The van der Waals surface area contributed by atoms with Crippen molar-refractivity contribution in [2.75, 3.05) is 0 Å². The highest BCUT2D eigenvalue weighted by Gasteiger charge is 2.47. The van der Waals surface area contributed by atoms with Gasteiger partial charge in [0.2, 0.25) is 5.78 Å². The first-order chi connectivity index (χ1) is 10.7. The number of hydrogen-bond acceptors (Lipinski definition) is 3. The zero-order valence-electron chi connectivity index (χ0n) is 14.7. The molecule has 0 bridgehead atoms. The Morgan fingerprint density at radius 3 is 2.65 bits per heavy atom. The van der Waals surface area contributed by atoms with E-state index in [1.165, 1.54) is 18.1 Å². The van der Waals surface area contributed by atoms with Gasteiger partial charge in [-0.15, -0.1) is 0 Å². The molecule has 1 aromatic carbocycles. The Morgan fingerprint density at radius 2 is 2.04 bits per heavy atom. The second-order valence-corrected chi connectivity index (χ2v) is 7.78. The first-order valence-corrected chi connectivity index (χ1v) is 8.52. The molecule has 1 aromatic rings. The predicted molar refractivity (Wildman–Crippen MR) is 91.3 cm³/mol. The molecule has 2 atom stereocenters. The summed E-state index contributed by atoms with van der Waals surface area (Å²) in [5.41, 5.74) is 4.19. The number of aliphatic hydroxyl groups is 2. The Bertz CT molecular complexity index is 723. The molecule has 0 fully saturated rings. The second kappa shape index (κ2) is 5.20. The van der Waals surface area contributed by atoms with Crippen LogP contribution in [0.2, 0.25) is 0 Å². The summed E-state index contributed by atoms with van der Waals surface area (Å²) in [5.74, 6) is -0.237. The molecule has 2 N–H and O–H groups in total. The molecule has 0 heterocycles. The smallest absolute Gasteiger partial charge is 0.233 e. The number of carbonyl (C=O) groups excluding carboxylic acids is 1. The molecular weight excluding hydrogens is 288 g/mol. The molecule has 3 heteroatoms. The fourth-order valence-electron chi connectivity index (χ4n) is 4.28. The maximum atomic E-state index is 12.6. The minimum absolute atomic E-state index is 0.134. The summed E-state index contributed by atoms with van der Waals surface area (Å²) in [7, 11) is 0. The van der Waals surface area contributed by atoms with E-state index in [0.717, 1.165) is 41.5 Å². The maximum Gasteiger partial charge on any atom is 0.233 e. The summed E-state index contributed by atoms with van der Waals surface area (Å²) < 4.78 is 0. The third kappa shape index (κ3) is 2.25. The summed E-state index contributed by atoms with van der Waals surface area (Å²) in [6.07, 6.45) is 2.67. The number of carbonyl (C=O) groups is 1. The van der Waals surface area contributed by atoms with Crippen molar-refractivity contribution >= 4 is 11.4 Å². The van der Waals surface area contributed by atoms with Gasteiger partial charge in [-0.2, -0.15) is 0 Å². The molecule has 3 nitrogen and oxygen atoms in total. The van der Waals surface area contributed by atoms with Crippen LogP contribution in [0.25, 0.3) is 5.57 Å². The van der Waals surface area contributed by atoms with Crippen LogP contribution in [0.5, 0.6) is 0 Å². The third-order valence-electron chi connectivity index (χ3n) is 5.36. The van der Waals surface area contributed by atoms with Crippen LogP contribution >= 0.6 is 0 Å². The van der Waals surface area contributed by atoms with Crippen molar-refractivity contribution < 1.29 is 15.0 Å². The van der Waals surface area contributed by atoms with Crippen LogP contribution < -0.4 is 0 Å². The number of ketones is 1. The fraction of sp³-hybridized carbons (Fsp3) is 0.550. The van der Waals surface area contributed by atoms with Crippen LogP contribution in [0.1, 0.15) is 61.9 Å². The van der Waals surface area contributed by atoms with Crippen LogP contribution in [0.15, 0.2) is 11.8 Å². The highest BCUT2D eigenvalue weighted by molar-refractivity contribution is 6.10. The lowest BCUT2D eigenvalue weighted by Gasteiger charge is -2.39. The van der Waals surface area contributed by atoms with Gasteiger partial charge in [-0.1, -0.05) is 26.8 Å². The lowest BCUT2D eigenvalue weighted by atomic mass is 9.66. The van der Waals surface area contributed by atoms with Gasteiger partial charge in [0.1, 0.15) is 0 Å². The van der Waals surface area contributed by atoms with Crippen LogP contribution in [0.4, 0.5) is 0 Å². The van der Waals surface area contributed by atoms with E-state index in [4.69, 9.17) is 0 Å². The number of hydrogen-bond donors (Lipinski definition) is 2. The molecule has 0 saturated heterocycles. The molecule has 0 aliphatic heterocycles. The van der Waals surface area contributed by atoms with Gasteiger partial charge in [-0.3, -0.25) is 4.79 Å². The normalized spacial score (nSPS) is 26.7. The van der Waals surface area contributed by atoms with Crippen LogP contribution in [-0.4, -0.2) is 16.0 Å². The minimum atomic E-state index is -1.65. The van der Waals surface area contributed by atoms with E-state index in [0.29, 0.717) is 5.92 Å². The van der Waals surface area contributed by atoms with Gasteiger partial charge < -0.3 is 10.2 Å². The lowest BCUT2D eigenvalue weighted by Crippen LogP contribution is -2.41. The average Bonchev–Trinajstić information content (AvgIpc) is 2.43. The van der Waals surface area contributed by atoms with Crippen molar-refractivity contribution in [3.8, 4) is 0 Å². The quantitative estimate of drug-likeness (QED) is 0.872. The molecule has 3 rings (SSSR count). The van der Waals surface area contributed by atoms with E-state index in [1.807, 2.05) is 0 Å². The fourth-order valence-corrected chi connectivity index (χ4v) is 4.28. The van der Waals surface area contributed by atoms with E-state index in [9.17, 15) is 15.0 Å². The Hall–Kier alpha value is -1.61. The molecule has 0 radical (unpaired) electrons. The molecule has 2 aliphatic rings. The molecule has 0 unspecified atom stereocenters. The van der Waals surface area contributed by atoms with Crippen molar-refractivity contribution in [3.63, 3.8) is 0 Å². The molecule has 2 aliphatic carbocycles. The van der Waals surface area contributed by atoms with Crippen molar-refractivity contribution in [1.29, 1.82) is 0 Å². The Labute approximate surface area is 138 Å². The summed E-state index contributed by atoms with van der Waals surface area (Å²) in [6.45, 7) is 9.94. The minimum Gasteiger partial charge on any atom is -0.504 e. The second-order valence-electron chi connectivity index (χ2n) is 7.78. The summed E-state index contributed by atoms with van der Waals surface area (Å²) >= 11 is 0. The van der Waals surface area contributed by atoms with Gasteiger partial charge in [0.15, 0.2) is 11.4 Å². The number of Topliss-reactive ketones (excluding diaryl/α,β-unsaturated/α-hetero) is 1. The van der Waals surface area contributed by atoms with Crippen LogP contribution in [0, 0.1) is 18.8 Å². The van der Waals surface area contributed by atoms with Crippen LogP contribution in [0.3, 0.4) is 0 Å². The van der Waals surface area contributed by atoms with E-state index in [-0.39, 0.29) is 11.7 Å². The standard InChI is InChI=1S/C20H26O3/c1-10(2)8-13-9-12(4)14-7-6-11(3)15-16(14)17(13)20(5,23)19(22)18(15)21/h9-11,21,23H,6-8H2,1-5H3/t11-,20+/m0/s1. The average molecular weight is 314 g/mol. The molecule has 0 amide bonds. The number of allylic oxidation sites excluding steroid dienone is 1. The summed E-state index contributed by atoms with van der Waals surface area (Å²) in [6, 6.07) is 2.13. The van der Waals surface area contributed by atoms with Crippen molar-refractivity contribution in [2.45, 2.75) is 59.5 Å². The highest BCUT2D eigenvalue weighted by Crippen LogP contribution is 2.49. The van der Waals surface area contributed by atoms with E-state index >= 15 is 0 Å². The molecule has 23 heavy (non-hydrogen) atoms. The predicted octanol–water partition coefficient (Wildman–Crippen LogP) is 3.84. The number of aryl methyl sites for hydroxylation is 1. The van der Waals surface area contributed by atoms with Gasteiger partial charge in [0, 0.05) is 11.1 Å². The van der Waals surface area contributed by atoms with Crippen molar-refractivity contribution in [3.05, 3.63) is 39.6 Å². The van der Waals surface area contributed by atoms with Gasteiger partial charge in [-0.05, 0) is 67.2 Å². The monoisotopic (exact) mass is 314 g/mol. The van der Waals surface area contributed by atoms with Gasteiger partial charge in [-0.25, -0.2) is 0 Å². The third-order valence-corrected chi connectivity index (χ3v) is 5.36. The molecule has 0 aromatic heterocycles. The Morgan fingerprint density at radius 1 is 1.39 bits per heavy atom. The topological polar surface area (TPSA) is 57.5 Å². The molecule has 124 valence electrons. The molecular formula is C20H26O3. The summed E-state index contributed by atoms with van der Waals surface area (Å²) in [4.78, 5) is 12.6. The first-order valence-electron chi connectivity index (χ1n) is 8.52. The number of rotatable bonds is 2. The number of benzene rings is 1. The first kappa shape index (κ1) is 16.3. The molecule has 0 spiro atoms. The maximum absolute atomic E-state index is 12.6. The Balaban J connectivity index is 2.42. The van der Waals surface area contributed by atoms with Crippen molar-refractivity contribution in [2.24, 2.45) is 11.8 Å². The van der Waals surface area contributed by atoms with Crippen LogP contribution in [-0.2, 0) is 23.2 Å². The molecule has 0 saturated carbocycles.